The predicted molar refractivity (Wildman–Crippen MR) is 115 cm³/mol. The first kappa shape index (κ1) is 20.6. The van der Waals surface area contributed by atoms with Gasteiger partial charge in [0.15, 0.2) is 0 Å². The molecule has 0 heterocycles. The second kappa shape index (κ2) is 8.49. The summed E-state index contributed by atoms with van der Waals surface area (Å²) in [7, 11) is -3.86. The molecule has 0 unspecified atom stereocenters. The summed E-state index contributed by atoms with van der Waals surface area (Å²) in [5.41, 5.74) is 3.22. The van der Waals surface area contributed by atoms with E-state index in [2.05, 4.69) is 18.6 Å². The van der Waals surface area contributed by atoms with E-state index in [-0.39, 0.29) is 16.1 Å². The van der Waals surface area contributed by atoms with Crippen LogP contribution in [0.5, 0.6) is 0 Å². The van der Waals surface area contributed by atoms with Gasteiger partial charge in [-0.15, -0.1) is 0 Å². The third kappa shape index (κ3) is 5.03. The Labute approximate surface area is 171 Å². The maximum absolute atomic E-state index is 12.9. The van der Waals surface area contributed by atoms with Gasteiger partial charge in [-0.2, -0.15) is 0 Å². The van der Waals surface area contributed by atoms with E-state index in [1.165, 1.54) is 24.3 Å². The molecule has 150 valence electrons. The van der Waals surface area contributed by atoms with Crippen molar-refractivity contribution in [3.8, 4) is 11.1 Å². The Kier molecular flexibility index (Phi) is 6.03. The first-order valence-electron chi connectivity index (χ1n) is 9.31. The van der Waals surface area contributed by atoms with E-state index in [1.54, 1.807) is 12.1 Å². The molecular formula is C23H23NO4S. The molecule has 0 fully saturated rings. The molecule has 0 bridgehead atoms. The van der Waals surface area contributed by atoms with Gasteiger partial charge in [-0.1, -0.05) is 56.3 Å². The molecule has 0 aliphatic heterocycles. The molecule has 29 heavy (non-hydrogen) atoms. The number of sulfonamides is 1. The molecule has 3 aromatic carbocycles. The summed E-state index contributed by atoms with van der Waals surface area (Å²) in [4.78, 5) is 11.3. The number of carbonyl (C=O) groups is 1. The van der Waals surface area contributed by atoms with Gasteiger partial charge < -0.3 is 5.11 Å². The quantitative estimate of drug-likeness (QED) is 0.572. The van der Waals surface area contributed by atoms with Gasteiger partial charge in [-0.3, -0.25) is 4.72 Å². The van der Waals surface area contributed by atoms with Gasteiger partial charge in [0.1, 0.15) is 0 Å². The molecule has 0 spiro atoms. The molecule has 3 aromatic rings. The van der Waals surface area contributed by atoms with Crippen LogP contribution in [0.25, 0.3) is 11.1 Å². The predicted octanol–water partition coefficient (Wildman–Crippen LogP) is 5.05. The highest BCUT2D eigenvalue weighted by Crippen LogP contribution is 2.29. The minimum atomic E-state index is -3.86. The van der Waals surface area contributed by atoms with Crippen LogP contribution in [0.4, 0.5) is 5.69 Å². The molecule has 5 nitrogen and oxygen atoms in total. The zero-order valence-corrected chi connectivity index (χ0v) is 17.1. The van der Waals surface area contributed by atoms with Crippen molar-refractivity contribution in [1.29, 1.82) is 0 Å². The lowest BCUT2D eigenvalue weighted by Crippen LogP contribution is -2.14. The van der Waals surface area contributed by atoms with Crippen LogP contribution in [-0.4, -0.2) is 19.5 Å². The Balaban J connectivity index is 1.99. The van der Waals surface area contributed by atoms with E-state index < -0.39 is 16.0 Å². The largest absolute Gasteiger partial charge is 0.478 e. The summed E-state index contributed by atoms with van der Waals surface area (Å²) in [6.07, 6.45) is 0.738. The number of carboxylic acids is 1. The number of benzene rings is 3. The highest BCUT2D eigenvalue weighted by atomic mass is 32.2. The second-order valence-electron chi connectivity index (χ2n) is 7.27. The number of hydrogen-bond acceptors (Lipinski definition) is 3. The van der Waals surface area contributed by atoms with Crippen LogP contribution in [0.2, 0.25) is 0 Å². The van der Waals surface area contributed by atoms with E-state index in [0.717, 1.165) is 23.1 Å². The minimum Gasteiger partial charge on any atom is -0.478 e. The van der Waals surface area contributed by atoms with Crippen LogP contribution in [-0.2, 0) is 16.4 Å². The SMILES string of the molecule is CC(C)Cc1cc(S(=O)(=O)Nc2cccc(C(=O)O)c2)ccc1-c1ccccc1. The van der Waals surface area contributed by atoms with E-state index in [1.807, 2.05) is 36.4 Å². The van der Waals surface area contributed by atoms with Gasteiger partial charge >= 0.3 is 5.97 Å². The van der Waals surface area contributed by atoms with E-state index >= 15 is 0 Å². The standard InChI is InChI=1S/C23H23NO4S/c1-16(2)13-19-15-21(11-12-22(19)17-7-4-3-5-8-17)29(27,28)24-20-10-6-9-18(14-20)23(25)26/h3-12,14-16,24H,13H2,1-2H3,(H,25,26). The Morgan fingerprint density at radius 2 is 1.69 bits per heavy atom. The molecule has 0 radical (unpaired) electrons. The van der Waals surface area contributed by atoms with Crippen LogP contribution in [0, 0.1) is 5.92 Å². The zero-order chi connectivity index (χ0) is 21.0. The van der Waals surface area contributed by atoms with Crippen molar-refractivity contribution in [3.63, 3.8) is 0 Å². The summed E-state index contributed by atoms with van der Waals surface area (Å²) < 4.78 is 28.3. The maximum atomic E-state index is 12.9. The van der Waals surface area contributed by atoms with Gasteiger partial charge in [-0.05, 0) is 59.4 Å². The molecule has 3 rings (SSSR count). The lowest BCUT2D eigenvalue weighted by molar-refractivity contribution is 0.0697. The van der Waals surface area contributed by atoms with Crippen LogP contribution < -0.4 is 4.72 Å². The minimum absolute atomic E-state index is 0.0186. The van der Waals surface area contributed by atoms with Crippen molar-refractivity contribution in [3.05, 3.63) is 83.9 Å². The summed E-state index contributed by atoms with van der Waals surface area (Å²) in [6.45, 7) is 4.18. The fourth-order valence-electron chi connectivity index (χ4n) is 3.18. The molecular weight excluding hydrogens is 386 g/mol. The molecule has 0 atom stereocenters. The van der Waals surface area contributed by atoms with E-state index in [0.29, 0.717) is 5.92 Å². The smallest absolute Gasteiger partial charge is 0.335 e. The van der Waals surface area contributed by atoms with E-state index in [4.69, 9.17) is 5.11 Å². The average molecular weight is 410 g/mol. The van der Waals surface area contributed by atoms with Gasteiger partial charge in [0.05, 0.1) is 10.5 Å². The molecule has 0 aromatic heterocycles. The number of anilines is 1. The van der Waals surface area contributed by atoms with Crippen molar-refractivity contribution in [2.45, 2.75) is 25.2 Å². The van der Waals surface area contributed by atoms with Crippen LogP contribution in [0.1, 0.15) is 29.8 Å². The Hall–Kier alpha value is -3.12. The summed E-state index contributed by atoms with van der Waals surface area (Å²) >= 11 is 0. The number of nitrogens with one attached hydrogen (secondary N) is 1. The lowest BCUT2D eigenvalue weighted by atomic mass is 9.94. The van der Waals surface area contributed by atoms with E-state index in [9.17, 15) is 13.2 Å². The van der Waals surface area contributed by atoms with Gasteiger partial charge in [0.25, 0.3) is 10.0 Å². The van der Waals surface area contributed by atoms with Gasteiger partial charge in [0.2, 0.25) is 0 Å². The van der Waals surface area contributed by atoms with Crippen molar-refractivity contribution >= 4 is 21.7 Å². The molecule has 0 saturated carbocycles. The number of carboxylic acid groups (broad SMARTS) is 1. The topological polar surface area (TPSA) is 83.5 Å². The molecule has 0 amide bonds. The number of rotatable bonds is 7. The maximum Gasteiger partial charge on any atom is 0.335 e. The highest BCUT2D eigenvalue weighted by Gasteiger charge is 2.18. The van der Waals surface area contributed by atoms with Crippen molar-refractivity contribution < 1.29 is 18.3 Å². The van der Waals surface area contributed by atoms with Gasteiger partial charge in [-0.25, -0.2) is 13.2 Å². The summed E-state index contributed by atoms with van der Waals surface area (Å²) in [5, 5.41) is 9.11. The molecule has 0 aliphatic carbocycles. The van der Waals surface area contributed by atoms with Crippen molar-refractivity contribution in [1.82, 2.24) is 0 Å². The Bertz CT molecular complexity index is 1120. The molecule has 0 aliphatic rings. The monoisotopic (exact) mass is 409 g/mol. The Morgan fingerprint density at radius 1 is 0.966 bits per heavy atom. The van der Waals surface area contributed by atoms with Crippen LogP contribution in [0.15, 0.2) is 77.7 Å². The fraction of sp³-hybridized carbons (Fsp3) is 0.174. The fourth-order valence-corrected chi connectivity index (χ4v) is 4.27. The first-order valence-corrected chi connectivity index (χ1v) is 10.8. The third-order valence-corrected chi connectivity index (χ3v) is 5.84. The summed E-state index contributed by atoms with van der Waals surface area (Å²) in [6, 6.07) is 20.7. The number of aromatic carboxylic acids is 1. The summed E-state index contributed by atoms with van der Waals surface area (Å²) in [5.74, 6) is -0.756. The molecule has 6 heteroatoms. The first-order chi connectivity index (χ1) is 13.8. The number of hydrogen-bond donors (Lipinski definition) is 2. The lowest BCUT2D eigenvalue weighted by Gasteiger charge is -2.15. The highest BCUT2D eigenvalue weighted by molar-refractivity contribution is 7.92. The molecule has 0 saturated heterocycles. The van der Waals surface area contributed by atoms with Crippen molar-refractivity contribution in [2.24, 2.45) is 5.92 Å². The van der Waals surface area contributed by atoms with Crippen molar-refractivity contribution in [2.75, 3.05) is 4.72 Å². The Morgan fingerprint density at radius 3 is 2.34 bits per heavy atom. The zero-order valence-electron chi connectivity index (χ0n) is 16.3. The van der Waals surface area contributed by atoms with Crippen LogP contribution in [0.3, 0.4) is 0 Å². The average Bonchev–Trinajstić information content (AvgIpc) is 2.68. The van der Waals surface area contributed by atoms with Crippen LogP contribution >= 0.6 is 0 Å². The molecule has 2 N–H and O–H groups in total. The van der Waals surface area contributed by atoms with Gasteiger partial charge in [0, 0.05) is 5.69 Å². The normalized spacial score (nSPS) is 11.4. The second-order valence-corrected chi connectivity index (χ2v) is 8.96. The third-order valence-electron chi connectivity index (χ3n) is 4.46.